The predicted octanol–water partition coefficient (Wildman–Crippen LogP) is 5.50. The fourth-order valence-electron chi connectivity index (χ4n) is 4.16. The van der Waals surface area contributed by atoms with Crippen molar-refractivity contribution in [1.82, 2.24) is 4.57 Å². The maximum absolute atomic E-state index is 12.8. The number of thiazole rings is 1. The summed E-state index contributed by atoms with van der Waals surface area (Å²) in [5.74, 6) is -0.605. The van der Waals surface area contributed by atoms with Crippen molar-refractivity contribution in [3.63, 3.8) is 0 Å². The SMILES string of the molecule is CCC(C(=O)O)n1c(=NC(=O)c2ccc(C)cc2)sc2ccc(OC3CCCCC3)cc21. The number of nitrogens with zero attached hydrogens (tertiary/aromatic N) is 2. The fraction of sp³-hybridized carbons (Fsp3) is 0.400. The molecule has 1 atom stereocenters. The number of carbonyl (C=O) groups is 2. The lowest BCUT2D eigenvalue weighted by molar-refractivity contribution is -0.140. The number of aliphatic carboxylic acids is 1. The number of rotatable bonds is 6. The van der Waals surface area contributed by atoms with E-state index in [9.17, 15) is 14.7 Å². The molecule has 6 nitrogen and oxygen atoms in total. The number of carboxylic acids is 1. The van der Waals surface area contributed by atoms with E-state index in [0.29, 0.717) is 16.8 Å². The monoisotopic (exact) mass is 452 g/mol. The Bertz CT molecular complexity index is 1190. The Morgan fingerprint density at radius 1 is 1.16 bits per heavy atom. The molecule has 0 radical (unpaired) electrons. The fourth-order valence-corrected chi connectivity index (χ4v) is 5.21. The van der Waals surface area contributed by atoms with Crippen LogP contribution in [0.1, 0.15) is 67.4 Å². The Balaban J connectivity index is 1.79. The molecule has 4 rings (SSSR count). The van der Waals surface area contributed by atoms with Crippen molar-refractivity contribution in [2.45, 2.75) is 64.5 Å². The number of carboxylic acid groups (broad SMARTS) is 1. The van der Waals surface area contributed by atoms with Crippen molar-refractivity contribution in [2.75, 3.05) is 0 Å². The molecule has 1 aromatic heterocycles. The van der Waals surface area contributed by atoms with Gasteiger partial charge >= 0.3 is 5.97 Å². The molecular formula is C25H28N2O4S. The largest absolute Gasteiger partial charge is 0.490 e. The van der Waals surface area contributed by atoms with E-state index in [-0.39, 0.29) is 12.0 Å². The van der Waals surface area contributed by atoms with Crippen molar-refractivity contribution in [1.29, 1.82) is 0 Å². The summed E-state index contributed by atoms with van der Waals surface area (Å²) in [6.45, 7) is 3.78. The summed E-state index contributed by atoms with van der Waals surface area (Å²) < 4.78 is 8.75. The molecule has 0 bridgehead atoms. The second-order valence-corrected chi connectivity index (χ2v) is 9.32. The van der Waals surface area contributed by atoms with Crippen LogP contribution in [0.15, 0.2) is 47.5 Å². The van der Waals surface area contributed by atoms with Gasteiger partial charge in [0.05, 0.1) is 16.3 Å². The van der Waals surface area contributed by atoms with E-state index in [1.54, 1.807) is 16.7 Å². The Hall–Kier alpha value is -2.93. The molecule has 1 fully saturated rings. The van der Waals surface area contributed by atoms with E-state index >= 15 is 0 Å². The Morgan fingerprint density at radius 3 is 2.53 bits per heavy atom. The average molecular weight is 453 g/mol. The minimum Gasteiger partial charge on any atom is -0.490 e. The minimum atomic E-state index is -0.949. The Labute approximate surface area is 191 Å². The normalized spacial score (nSPS) is 16.2. The average Bonchev–Trinajstić information content (AvgIpc) is 3.12. The first-order valence-electron chi connectivity index (χ1n) is 11.2. The molecule has 32 heavy (non-hydrogen) atoms. The van der Waals surface area contributed by atoms with Crippen LogP contribution in [0.3, 0.4) is 0 Å². The van der Waals surface area contributed by atoms with Gasteiger partial charge in [-0.25, -0.2) is 4.79 Å². The molecule has 1 N–H and O–H groups in total. The first kappa shape index (κ1) is 22.3. The van der Waals surface area contributed by atoms with Gasteiger partial charge in [0.2, 0.25) is 0 Å². The van der Waals surface area contributed by atoms with Gasteiger partial charge in [-0.3, -0.25) is 4.79 Å². The lowest BCUT2D eigenvalue weighted by atomic mass is 9.98. The van der Waals surface area contributed by atoms with E-state index in [1.807, 2.05) is 44.2 Å². The van der Waals surface area contributed by atoms with E-state index in [4.69, 9.17) is 4.74 Å². The van der Waals surface area contributed by atoms with E-state index in [1.165, 1.54) is 30.6 Å². The number of aromatic nitrogens is 1. The summed E-state index contributed by atoms with van der Waals surface area (Å²) in [6.07, 6.45) is 6.25. The zero-order valence-electron chi connectivity index (χ0n) is 18.4. The van der Waals surface area contributed by atoms with Crippen molar-refractivity contribution in [2.24, 2.45) is 4.99 Å². The molecule has 1 heterocycles. The molecule has 1 amide bonds. The number of hydrogen-bond donors (Lipinski definition) is 1. The van der Waals surface area contributed by atoms with Crippen LogP contribution < -0.4 is 9.54 Å². The predicted molar refractivity (Wildman–Crippen MR) is 125 cm³/mol. The van der Waals surface area contributed by atoms with Gasteiger partial charge < -0.3 is 14.4 Å². The van der Waals surface area contributed by atoms with Gasteiger partial charge in [0.1, 0.15) is 11.8 Å². The summed E-state index contributed by atoms with van der Waals surface area (Å²) in [5.41, 5.74) is 2.26. The van der Waals surface area contributed by atoms with Gasteiger partial charge in [-0.1, -0.05) is 42.4 Å². The van der Waals surface area contributed by atoms with E-state index in [2.05, 4.69) is 4.99 Å². The van der Waals surface area contributed by atoms with Gasteiger partial charge in [-0.15, -0.1) is 0 Å². The lowest BCUT2D eigenvalue weighted by Gasteiger charge is -2.23. The third kappa shape index (κ3) is 4.78. The molecular weight excluding hydrogens is 424 g/mol. The summed E-state index contributed by atoms with van der Waals surface area (Å²) in [7, 11) is 0. The van der Waals surface area contributed by atoms with Gasteiger partial charge in [-0.2, -0.15) is 4.99 Å². The van der Waals surface area contributed by atoms with Crippen LogP contribution in [0.5, 0.6) is 5.75 Å². The first-order chi connectivity index (χ1) is 15.5. The standard InChI is InChI=1S/C25H28N2O4S/c1-3-20(24(29)30)27-21-15-19(31-18-7-5-4-6-8-18)13-14-22(21)32-25(27)26-23(28)17-11-9-16(2)10-12-17/h9-15,18,20H,3-8H2,1-2H3,(H,29,30). The Kier molecular flexibility index (Phi) is 6.74. The van der Waals surface area contributed by atoms with Gasteiger partial charge in [0, 0.05) is 11.6 Å². The highest BCUT2D eigenvalue weighted by atomic mass is 32.1. The van der Waals surface area contributed by atoms with Crippen LogP contribution in [-0.4, -0.2) is 27.7 Å². The van der Waals surface area contributed by atoms with Gasteiger partial charge in [0.25, 0.3) is 5.91 Å². The van der Waals surface area contributed by atoms with Crippen LogP contribution in [0.2, 0.25) is 0 Å². The maximum Gasteiger partial charge on any atom is 0.326 e. The highest BCUT2D eigenvalue weighted by Gasteiger charge is 2.23. The second kappa shape index (κ2) is 9.69. The molecule has 0 saturated heterocycles. The highest BCUT2D eigenvalue weighted by Crippen LogP contribution is 2.29. The molecule has 7 heteroatoms. The number of ether oxygens (including phenoxy) is 1. The first-order valence-corrected chi connectivity index (χ1v) is 12.0. The van der Waals surface area contributed by atoms with Crippen LogP contribution in [-0.2, 0) is 4.79 Å². The van der Waals surface area contributed by atoms with Crippen LogP contribution in [0, 0.1) is 6.92 Å². The van der Waals surface area contributed by atoms with Crippen molar-refractivity contribution < 1.29 is 19.4 Å². The smallest absolute Gasteiger partial charge is 0.326 e. The number of carbonyl (C=O) groups excluding carboxylic acids is 1. The van der Waals surface area contributed by atoms with E-state index < -0.39 is 12.0 Å². The van der Waals surface area contributed by atoms with Crippen LogP contribution in [0.4, 0.5) is 0 Å². The molecule has 1 unspecified atom stereocenters. The number of hydrogen-bond acceptors (Lipinski definition) is 4. The summed E-state index contributed by atoms with van der Waals surface area (Å²) in [6, 6.07) is 12.1. The van der Waals surface area contributed by atoms with E-state index in [0.717, 1.165) is 34.4 Å². The number of fused-ring (bicyclic) bond motifs is 1. The van der Waals surface area contributed by atoms with Gasteiger partial charge in [-0.05, 0) is 63.3 Å². The number of aryl methyl sites for hydroxylation is 1. The number of amides is 1. The van der Waals surface area contributed by atoms with Crippen molar-refractivity contribution >= 4 is 33.4 Å². The third-order valence-electron chi connectivity index (χ3n) is 5.93. The zero-order chi connectivity index (χ0) is 22.7. The molecule has 1 aliphatic rings. The number of benzene rings is 2. The Morgan fingerprint density at radius 2 is 1.88 bits per heavy atom. The molecule has 0 aliphatic heterocycles. The quantitative estimate of drug-likeness (QED) is 0.535. The molecule has 1 aliphatic carbocycles. The minimum absolute atomic E-state index is 0.196. The zero-order valence-corrected chi connectivity index (χ0v) is 19.2. The van der Waals surface area contributed by atoms with Crippen LogP contribution in [0.25, 0.3) is 10.2 Å². The third-order valence-corrected chi connectivity index (χ3v) is 6.97. The molecule has 0 spiro atoms. The maximum atomic E-state index is 12.8. The second-order valence-electron chi connectivity index (χ2n) is 8.31. The summed E-state index contributed by atoms with van der Waals surface area (Å²) in [5, 5.41) is 9.87. The van der Waals surface area contributed by atoms with Crippen LogP contribution >= 0.6 is 11.3 Å². The molecule has 2 aromatic carbocycles. The summed E-state index contributed by atoms with van der Waals surface area (Å²) in [4.78, 5) is 29.6. The highest BCUT2D eigenvalue weighted by molar-refractivity contribution is 7.16. The topological polar surface area (TPSA) is 80.9 Å². The van der Waals surface area contributed by atoms with Crippen molar-refractivity contribution in [3.8, 4) is 5.75 Å². The molecule has 168 valence electrons. The van der Waals surface area contributed by atoms with Crippen molar-refractivity contribution in [3.05, 3.63) is 58.4 Å². The van der Waals surface area contributed by atoms with Gasteiger partial charge in [0.15, 0.2) is 4.80 Å². The lowest BCUT2D eigenvalue weighted by Crippen LogP contribution is -2.27. The summed E-state index contributed by atoms with van der Waals surface area (Å²) >= 11 is 1.32. The molecule has 1 saturated carbocycles. The molecule has 3 aromatic rings.